The fraction of sp³-hybridized carbons (Fsp3) is 0. The summed E-state index contributed by atoms with van der Waals surface area (Å²) in [6.45, 7) is 0. The second kappa shape index (κ2) is 7.42. The first-order valence-electron chi connectivity index (χ1n) is 6.31. The Morgan fingerprint density at radius 2 is 1.75 bits per heavy atom. The van der Waals surface area contributed by atoms with Crippen molar-refractivity contribution in [1.29, 1.82) is 0 Å². The van der Waals surface area contributed by atoms with Gasteiger partial charge in [0.15, 0.2) is 0 Å². The summed E-state index contributed by atoms with van der Waals surface area (Å²) in [7, 11) is 0. The Balaban J connectivity index is 2.18. The Bertz CT molecular complexity index is 835. The van der Waals surface area contributed by atoms with Gasteiger partial charge in [-0.15, -0.1) is 0 Å². The largest absolute Gasteiger partial charge is 0.372 e. The molecule has 10 heteroatoms. The number of nitro benzene ring substituents is 2. The van der Waals surface area contributed by atoms with Gasteiger partial charge in [-0.2, -0.15) is 0 Å². The third-order valence-corrected chi connectivity index (χ3v) is 3.34. The van der Waals surface area contributed by atoms with E-state index in [1.165, 1.54) is 6.21 Å². The molecular weight excluding hydrogens is 386 g/mol. The molecule has 2 rings (SSSR count). The minimum atomic E-state index is -1.09. The summed E-state index contributed by atoms with van der Waals surface area (Å²) < 4.78 is 0.859. The van der Waals surface area contributed by atoms with Crippen LogP contribution in [0.15, 0.2) is 52.1 Å². The van der Waals surface area contributed by atoms with E-state index >= 15 is 0 Å². The Labute approximate surface area is 143 Å². The number of rotatable bonds is 5. The number of nitrogens with zero attached hydrogens (tertiary/aromatic N) is 3. The lowest BCUT2D eigenvalue weighted by molar-refractivity contribution is -0.394. The molecule has 122 valence electrons. The molecular formula is C14H8BrN3O6. The van der Waals surface area contributed by atoms with Gasteiger partial charge in [-0.3, -0.25) is 20.2 Å². The number of carbonyl (C=O) groups excluding carboxylic acids is 1. The first-order valence-corrected chi connectivity index (χ1v) is 7.11. The minimum absolute atomic E-state index is 0.432. The molecule has 0 radical (unpaired) electrons. The van der Waals surface area contributed by atoms with Gasteiger partial charge in [0.05, 0.1) is 22.1 Å². The van der Waals surface area contributed by atoms with E-state index in [0.717, 1.165) is 16.6 Å². The molecule has 0 N–H and O–H groups in total. The monoisotopic (exact) mass is 393 g/mol. The number of hydrogen-bond donors (Lipinski definition) is 0. The van der Waals surface area contributed by atoms with Gasteiger partial charge in [-0.05, 0) is 23.8 Å². The fourth-order valence-corrected chi connectivity index (χ4v) is 1.95. The van der Waals surface area contributed by atoms with Crippen LogP contribution in [0, 0.1) is 20.2 Å². The van der Waals surface area contributed by atoms with Crippen molar-refractivity contribution in [1.82, 2.24) is 0 Å². The molecule has 0 aliphatic rings. The zero-order valence-electron chi connectivity index (χ0n) is 11.8. The van der Waals surface area contributed by atoms with Crippen LogP contribution in [0.25, 0.3) is 0 Å². The van der Waals surface area contributed by atoms with Crippen molar-refractivity contribution >= 4 is 39.5 Å². The van der Waals surface area contributed by atoms with E-state index < -0.39 is 32.8 Å². The normalized spacial score (nSPS) is 10.5. The maximum atomic E-state index is 11.9. The van der Waals surface area contributed by atoms with Crippen LogP contribution in [-0.4, -0.2) is 22.0 Å². The Morgan fingerprint density at radius 1 is 1.08 bits per heavy atom. The van der Waals surface area contributed by atoms with Crippen molar-refractivity contribution in [2.75, 3.05) is 0 Å². The van der Waals surface area contributed by atoms with Crippen LogP contribution in [0.5, 0.6) is 0 Å². The van der Waals surface area contributed by atoms with Crippen LogP contribution >= 0.6 is 15.9 Å². The van der Waals surface area contributed by atoms with Crippen molar-refractivity contribution in [3.63, 3.8) is 0 Å². The van der Waals surface area contributed by atoms with Gasteiger partial charge >= 0.3 is 5.97 Å². The topological polar surface area (TPSA) is 125 Å². The van der Waals surface area contributed by atoms with E-state index in [2.05, 4.69) is 25.9 Å². The maximum absolute atomic E-state index is 11.9. The molecule has 0 aromatic heterocycles. The van der Waals surface area contributed by atoms with Gasteiger partial charge in [0.1, 0.15) is 5.56 Å². The number of oxime groups is 1. The van der Waals surface area contributed by atoms with Crippen molar-refractivity contribution in [2.24, 2.45) is 5.16 Å². The lowest BCUT2D eigenvalue weighted by Gasteiger charge is -2.00. The molecule has 0 aliphatic heterocycles. The van der Waals surface area contributed by atoms with Crippen molar-refractivity contribution < 1.29 is 19.5 Å². The molecule has 0 atom stereocenters. The molecule has 0 spiro atoms. The zero-order chi connectivity index (χ0) is 17.7. The molecule has 0 unspecified atom stereocenters. The molecule has 0 bridgehead atoms. The van der Waals surface area contributed by atoms with E-state index in [1.807, 2.05) is 0 Å². The lowest BCUT2D eigenvalue weighted by atomic mass is 10.1. The number of benzene rings is 2. The van der Waals surface area contributed by atoms with Crippen LogP contribution in [0.3, 0.4) is 0 Å². The number of non-ortho nitro benzene ring substituents is 1. The van der Waals surface area contributed by atoms with Gasteiger partial charge in [0.25, 0.3) is 11.4 Å². The standard InChI is InChI=1S/C14H8BrN3O6/c15-10-3-1-9(2-4-10)8-16-24-14(19)12-6-5-11(17(20)21)7-13(12)18(22)23/h1-8H. The number of nitro groups is 2. The van der Waals surface area contributed by atoms with E-state index in [9.17, 15) is 25.0 Å². The highest BCUT2D eigenvalue weighted by molar-refractivity contribution is 9.10. The Morgan fingerprint density at radius 3 is 2.33 bits per heavy atom. The molecule has 0 heterocycles. The van der Waals surface area contributed by atoms with E-state index in [0.29, 0.717) is 11.6 Å². The van der Waals surface area contributed by atoms with Crippen LogP contribution in [-0.2, 0) is 4.84 Å². The van der Waals surface area contributed by atoms with Crippen LogP contribution in [0.4, 0.5) is 11.4 Å². The van der Waals surface area contributed by atoms with Gasteiger partial charge in [-0.25, -0.2) is 4.79 Å². The molecule has 9 nitrogen and oxygen atoms in total. The minimum Gasteiger partial charge on any atom is -0.313 e. The van der Waals surface area contributed by atoms with Crippen molar-refractivity contribution in [3.8, 4) is 0 Å². The maximum Gasteiger partial charge on any atom is 0.372 e. The third-order valence-electron chi connectivity index (χ3n) is 2.82. The Kier molecular flexibility index (Phi) is 5.32. The second-order valence-corrected chi connectivity index (χ2v) is 5.30. The molecule has 24 heavy (non-hydrogen) atoms. The predicted octanol–water partition coefficient (Wildman–Crippen LogP) is 3.46. The molecule has 0 amide bonds. The number of halogens is 1. The summed E-state index contributed by atoms with van der Waals surface area (Å²) in [4.78, 5) is 36.4. The van der Waals surface area contributed by atoms with Gasteiger partial charge in [0.2, 0.25) is 0 Å². The summed E-state index contributed by atoms with van der Waals surface area (Å²) in [5.74, 6) is -1.09. The van der Waals surface area contributed by atoms with Gasteiger partial charge in [0, 0.05) is 10.5 Å². The molecule has 0 saturated heterocycles. The molecule has 0 saturated carbocycles. The highest BCUT2D eigenvalue weighted by atomic mass is 79.9. The summed E-state index contributed by atoms with van der Waals surface area (Å²) >= 11 is 3.26. The molecule has 0 fully saturated rings. The summed E-state index contributed by atoms with van der Waals surface area (Å²) in [6, 6.07) is 9.53. The quantitative estimate of drug-likeness (QED) is 0.331. The van der Waals surface area contributed by atoms with Crippen molar-refractivity contribution in [3.05, 3.63) is 78.3 Å². The Hall–Kier alpha value is -3.14. The SMILES string of the molecule is O=C(ON=Cc1ccc(Br)cc1)c1ccc([N+](=O)[O-])cc1[N+](=O)[O-]. The summed E-state index contributed by atoms with van der Waals surface area (Å²) in [5.41, 5.74) is -1.02. The average Bonchev–Trinajstić information content (AvgIpc) is 2.55. The van der Waals surface area contributed by atoms with E-state index in [4.69, 9.17) is 0 Å². The summed E-state index contributed by atoms with van der Waals surface area (Å²) in [5, 5.41) is 25.1. The first-order chi connectivity index (χ1) is 11.4. The number of hydrogen-bond acceptors (Lipinski definition) is 7. The summed E-state index contributed by atoms with van der Waals surface area (Å²) in [6.07, 6.45) is 1.25. The van der Waals surface area contributed by atoms with E-state index in [1.54, 1.807) is 24.3 Å². The number of carbonyl (C=O) groups is 1. The van der Waals surface area contributed by atoms with Crippen LogP contribution in [0.2, 0.25) is 0 Å². The lowest BCUT2D eigenvalue weighted by Crippen LogP contribution is -2.06. The smallest absolute Gasteiger partial charge is 0.313 e. The van der Waals surface area contributed by atoms with Crippen LogP contribution in [0.1, 0.15) is 15.9 Å². The molecule has 2 aromatic carbocycles. The zero-order valence-corrected chi connectivity index (χ0v) is 13.4. The average molecular weight is 394 g/mol. The first kappa shape index (κ1) is 17.2. The molecule has 0 aliphatic carbocycles. The van der Waals surface area contributed by atoms with E-state index in [-0.39, 0.29) is 0 Å². The van der Waals surface area contributed by atoms with Crippen molar-refractivity contribution in [2.45, 2.75) is 0 Å². The van der Waals surface area contributed by atoms with Gasteiger partial charge < -0.3 is 4.84 Å². The highest BCUT2D eigenvalue weighted by Gasteiger charge is 2.25. The highest BCUT2D eigenvalue weighted by Crippen LogP contribution is 2.25. The van der Waals surface area contributed by atoms with Crippen LogP contribution < -0.4 is 0 Å². The third kappa shape index (κ3) is 4.20. The second-order valence-electron chi connectivity index (χ2n) is 4.38. The predicted molar refractivity (Wildman–Crippen MR) is 86.9 cm³/mol. The van der Waals surface area contributed by atoms with Gasteiger partial charge in [-0.1, -0.05) is 33.2 Å². The fourth-order valence-electron chi connectivity index (χ4n) is 1.69. The molecule has 2 aromatic rings.